The molecule has 0 unspecified atom stereocenters. The SMILES string of the molecule is C=C(C)C(=O)OCCOCCOc1ccc(C2(c3ccc(OCCOCCOC(=O)C(=C)C)c(C(C)(C)C)c3)c3ccccc3-c3ccccc32)cc1C(C)(C)C. The van der Waals surface area contributed by atoms with Gasteiger partial charge >= 0.3 is 11.9 Å². The maximum absolute atomic E-state index is 11.7. The average molecular weight is 775 g/mol. The van der Waals surface area contributed by atoms with E-state index in [4.69, 9.17) is 28.4 Å². The van der Waals surface area contributed by atoms with E-state index in [0.29, 0.717) is 37.6 Å². The van der Waals surface area contributed by atoms with Gasteiger partial charge in [0.15, 0.2) is 0 Å². The molecule has 0 radical (unpaired) electrons. The van der Waals surface area contributed by atoms with Crippen molar-refractivity contribution in [2.75, 3.05) is 52.9 Å². The number of hydrogen-bond acceptors (Lipinski definition) is 8. The van der Waals surface area contributed by atoms with Crippen LogP contribution in [-0.4, -0.2) is 64.8 Å². The third-order valence-corrected chi connectivity index (χ3v) is 9.98. The summed E-state index contributed by atoms with van der Waals surface area (Å²) in [4.78, 5) is 23.4. The molecule has 57 heavy (non-hydrogen) atoms. The number of fused-ring (bicyclic) bond motifs is 3. The van der Waals surface area contributed by atoms with Crippen LogP contribution in [0.5, 0.6) is 11.5 Å². The number of benzene rings is 4. The van der Waals surface area contributed by atoms with E-state index in [1.54, 1.807) is 13.8 Å². The van der Waals surface area contributed by atoms with Crippen LogP contribution in [0.15, 0.2) is 109 Å². The van der Waals surface area contributed by atoms with Crippen LogP contribution in [0.1, 0.15) is 88.8 Å². The van der Waals surface area contributed by atoms with E-state index in [9.17, 15) is 9.59 Å². The van der Waals surface area contributed by atoms with Crippen LogP contribution in [0.25, 0.3) is 11.1 Å². The van der Waals surface area contributed by atoms with E-state index in [1.165, 1.54) is 22.3 Å². The molecule has 302 valence electrons. The molecule has 0 aliphatic heterocycles. The Morgan fingerprint density at radius 3 is 1.26 bits per heavy atom. The largest absolute Gasteiger partial charge is 0.491 e. The van der Waals surface area contributed by atoms with Gasteiger partial charge in [-0.05, 0) is 93.5 Å². The molecule has 1 aliphatic carbocycles. The summed E-state index contributed by atoms with van der Waals surface area (Å²) in [5.74, 6) is 0.753. The van der Waals surface area contributed by atoms with Crippen LogP contribution in [0, 0.1) is 0 Å². The average Bonchev–Trinajstić information content (AvgIpc) is 3.47. The first-order valence-electron chi connectivity index (χ1n) is 19.6. The van der Waals surface area contributed by atoms with Crippen LogP contribution >= 0.6 is 0 Å². The molecule has 8 heteroatoms. The Labute approximate surface area is 338 Å². The summed E-state index contributed by atoms with van der Waals surface area (Å²) in [5.41, 5.74) is 8.89. The molecule has 0 spiro atoms. The molecule has 0 aromatic heterocycles. The highest BCUT2D eigenvalue weighted by molar-refractivity contribution is 5.88. The van der Waals surface area contributed by atoms with Gasteiger partial charge in [-0.2, -0.15) is 0 Å². The van der Waals surface area contributed by atoms with E-state index in [-0.39, 0.29) is 37.3 Å². The zero-order valence-corrected chi connectivity index (χ0v) is 34.9. The van der Waals surface area contributed by atoms with Crippen LogP contribution in [0.4, 0.5) is 0 Å². The fourth-order valence-electron chi connectivity index (χ4n) is 7.23. The lowest BCUT2D eigenvalue weighted by molar-refractivity contribution is -0.141. The quantitative estimate of drug-likeness (QED) is 0.0494. The Morgan fingerprint density at radius 2 is 0.895 bits per heavy atom. The standard InChI is InChI=1S/C49H58O8/c1-33(2)45(50)56-29-25-52-23-27-54-43-21-19-35(31-41(43)47(5,6)7)49(39-17-13-11-15-37(39)38-16-12-14-18-40(38)49)36-20-22-44(42(32-36)48(8,9)10)55-28-24-53-26-30-57-46(51)34(3)4/h11-22,31-32H,1,3,23-30H2,2,4-10H3. The minimum atomic E-state index is -0.640. The molecule has 4 aromatic carbocycles. The molecule has 0 atom stereocenters. The van der Waals surface area contributed by atoms with Crippen molar-refractivity contribution in [3.8, 4) is 22.6 Å². The number of carbonyl (C=O) groups excluding carboxylic acids is 2. The number of esters is 2. The van der Waals surface area contributed by atoms with Gasteiger partial charge in [-0.25, -0.2) is 9.59 Å². The van der Waals surface area contributed by atoms with Crippen molar-refractivity contribution in [1.29, 1.82) is 0 Å². The van der Waals surface area contributed by atoms with E-state index in [2.05, 4.69) is 140 Å². The number of carbonyl (C=O) groups is 2. The minimum absolute atomic E-state index is 0.160. The van der Waals surface area contributed by atoms with Crippen molar-refractivity contribution in [3.63, 3.8) is 0 Å². The molecular formula is C49H58O8. The first kappa shape index (κ1) is 43.0. The molecule has 0 fully saturated rings. The van der Waals surface area contributed by atoms with E-state index >= 15 is 0 Å². The minimum Gasteiger partial charge on any atom is -0.491 e. The van der Waals surface area contributed by atoms with E-state index in [0.717, 1.165) is 33.8 Å². The van der Waals surface area contributed by atoms with Gasteiger partial charge in [0.05, 0.1) is 31.8 Å². The van der Waals surface area contributed by atoms with Gasteiger partial charge in [0.1, 0.15) is 37.9 Å². The summed E-state index contributed by atoms with van der Waals surface area (Å²) < 4.78 is 34.5. The Hall–Kier alpha value is -5.18. The lowest BCUT2D eigenvalue weighted by atomic mass is 9.66. The van der Waals surface area contributed by atoms with Crippen LogP contribution < -0.4 is 9.47 Å². The topological polar surface area (TPSA) is 89.5 Å². The highest BCUT2D eigenvalue weighted by Crippen LogP contribution is 2.57. The van der Waals surface area contributed by atoms with Crippen molar-refractivity contribution >= 4 is 11.9 Å². The second-order valence-corrected chi connectivity index (χ2v) is 16.5. The molecule has 8 nitrogen and oxygen atoms in total. The van der Waals surface area contributed by atoms with Crippen molar-refractivity contribution in [2.24, 2.45) is 0 Å². The maximum Gasteiger partial charge on any atom is 0.333 e. The van der Waals surface area contributed by atoms with Gasteiger partial charge in [-0.3, -0.25) is 0 Å². The summed E-state index contributed by atoms with van der Waals surface area (Å²) in [6.07, 6.45) is 0. The highest BCUT2D eigenvalue weighted by Gasteiger charge is 2.47. The van der Waals surface area contributed by atoms with Crippen molar-refractivity contribution in [1.82, 2.24) is 0 Å². The Morgan fingerprint density at radius 1 is 0.526 bits per heavy atom. The molecule has 0 N–H and O–H groups in total. The van der Waals surface area contributed by atoms with Crippen molar-refractivity contribution in [2.45, 2.75) is 71.6 Å². The smallest absolute Gasteiger partial charge is 0.333 e. The van der Waals surface area contributed by atoms with Gasteiger partial charge < -0.3 is 28.4 Å². The van der Waals surface area contributed by atoms with Crippen molar-refractivity contribution in [3.05, 3.63) is 143 Å². The zero-order valence-electron chi connectivity index (χ0n) is 34.9. The molecule has 1 aliphatic rings. The molecular weight excluding hydrogens is 717 g/mol. The predicted molar refractivity (Wildman–Crippen MR) is 225 cm³/mol. The van der Waals surface area contributed by atoms with Crippen LogP contribution in [0.3, 0.4) is 0 Å². The normalized spacial score (nSPS) is 13.0. The molecule has 5 rings (SSSR count). The lowest BCUT2D eigenvalue weighted by Crippen LogP contribution is -2.30. The van der Waals surface area contributed by atoms with Crippen LogP contribution in [-0.2, 0) is 44.8 Å². The lowest BCUT2D eigenvalue weighted by Gasteiger charge is -2.36. The van der Waals surface area contributed by atoms with Gasteiger partial charge in [0.25, 0.3) is 0 Å². The molecule has 0 saturated carbocycles. The molecule has 0 saturated heterocycles. The third-order valence-electron chi connectivity index (χ3n) is 9.98. The van der Waals surface area contributed by atoms with Crippen molar-refractivity contribution < 1.29 is 38.0 Å². The number of ether oxygens (including phenoxy) is 6. The van der Waals surface area contributed by atoms with E-state index < -0.39 is 17.4 Å². The molecule has 0 heterocycles. The molecule has 0 amide bonds. The first-order valence-corrected chi connectivity index (χ1v) is 19.6. The van der Waals surface area contributed by atoms with Gasteiger partial charge in [0, 0.05) is 11.1 Å². The molecule has 0 bridgehead atoms. The summed E-state index contributed by atoms with van der Waals surface area (Å²) in [5, 5.41) is 0. The fourth-order valence-corrected chi connectivity index (χ4v) is 7.23. The predicted octanol–water partition coefficient (Wildman–Crippen LogP) is 9.67. The summed E-state index contributed by atoms with van der Waals surface area (Å²) in [6.45, 7) is 25.9. The fraction of sp³-hybridized carbons (Fsp3) is 0.388. The number of rotatable bonds is 18. The Balaban J connectivity index is 1.49. The maximum atomic E-state index is 11.7. The zero-order chi connectivity index (χ0) is 41.4. The first-order chi connectivity index (χ1) is 27.1. The van der Waals surface area contributed by atoms with E-state index in [1.807, 2.05) is 0 Å². The highest BCUT2D eigenvalue weighted by atomic mass is 16.6. The second-order valence-electron chi connectivity index (χ2n) is 16.5. The monoisotopic (exact) mass is 774 g/mol. The molecule has 4 aromatic rings. The Bertz CT molecular complexity index is 1930. The van der Waals surface area contributed by atoms with Gasteiger partial charge in [-0.1, -0.05) is 115 Å². The summed E-state index contributed by atoms with van der Waals surface area (Å²) in [6, 6.07) is 30.7. The third kappa shape index (κ3) is 9.86. The van der Waals surface area contributed by atoms with Gasteiger partial charge in [0.2, 0.25) is 0 Å². The summed E-state index contributed by atoms with van der Waals surface area (Å²) >= 11 is 0. The number of hydrogen-bond donors (Lipinski definition) is 0. The summed E-state index contributed by atoms with van der Waals surface area (Å²) in [7, 11) is 0. The second kappa shape index (κ2) is 18.4. The Kier molecular flexibility index (Phi) is 13.9. The van der Waals surface area contributed by atoms with Crippen LogP contribution in [0.2, 0.25) is 0 Å². The van der Waals surface area contributed by atoms with Gasteiger partial charge in [-0.15, -0.1) is 0 Å².